The van der Waals surface area contributed by atoms with Crippen molar-refractivity contribution in [2.75, 3.05) is 20.9 Å². The van der Waals surface area contributed by atoms with Crippen LogP contribution in [0.3, 0.4) is 0 Å². The maximum Gasteiger partial charge on any atom is 0.267 e. The van der Waals surface area contributed by atoms with Crippen molar-refractivity contribution >= 4 is 15.1 Å². The Labute approximate surface area is 133 Å². The van der Waals surface area contributed by atoms with Gasteiger partial charge in [0.25, 0.3) is 7.82 Å². The lowest BCUT2D eigenvalue weighted by Crippen LogP contribution is -2.43. The average Bonchev–Trinajstić information content (AvgIpc) is 2.24. The maximum absolute atomic E-state index is 9.95. The van der Waals surface area contributed by atoms with Gasteiger partial charge in [-0.25, -0.2) is 0 Å². The summed E-state index contributed by atoms with van der Waals surface area (Å²) in [5.74, 6) is 0. The molecule has 0 aromatic heterocycles. The van der Waals surface area contributed by atoms with Crippen LogP contribution >= 0.6 is 15.1 Å². The Hall–Kier alpha value is 0.540. The lowest BCUT2D eigenvalue weighted by Gasteiger charge is -2.52. The van der Waals surface area contributed by atoms with Gasteiger partial charge in [-0.15, -0.1) is 0 Å². The van der Waals surface area contributed by atoms with Crippen LogP contribution in [0.5, 0.6) is 0 Å². The van der Waals surface area contributed by atoms with Crippen molar-refractivity contribution in [3.63, 3.8) is 0 Å². The first-order valence-electron chi connectivity index (χ1n) is 7.16. The van der Waals surface area contributed by atoms with Crippen molar-refractivity contribution in [3.05, 3.63) is 0 Å². The van der Waals surface area contributed by atoms with E-state index in [1.165, 1.54) is 0 Å². The van der Waals surface area contributed by atoms with E-state index in [-0.39, 0.29) is 0 Å². The Morgan fingerprint density at radius 3 is 0.952 bits per heavy atom. The molecule has 0 aromatic carbocycles. The third kappa shape index (κ3) is 6.28. The first-order chi connectivity index (χ1) is 8.87. The standard InChI is InChI=1S/C13H30P.C2H7O4P/c1-11(2,3)14(10,12(4,5)6)13(7,8)9;1-5-7(3,4)6-2/h1-10H3;1-2H3,(H,3,4)/q+1;/p-1. The fourth-order valence-corrected chi connectivity index (χ4v) is 9.28. The molecule has 0 spiro atoms. The molecule has 0 aromatic rings. The summed E-state index contributed by atoms with van der Waals surface area (Å²) in [7, 11) is -2.85. The first-order valence-corrected chi connectivity index (χ1v) is 10.9. The van der Waals surface area contributed by atoms with Gasteiger partial charge < -0.3 is 13.9 Å². The van der Waals surface area contributed by atoms with Gasteiger partial charge in [-0.05, 0) is 62.3 Å². The molecule has 0 saturated heterocycles. The van der Waals surface area contributed by atoms with E-state index in [0.29, 0.717) is 15.5 Å². The smallest absolute Gasteiger partial charge is 0.267 e. The third-order valence-electron chi connectivity index (χ3n) is 4.47. The second-order valence-electron chi connectivity index (χ2n) is 8.33. The Bertz CT molecular complexity index is 315. The van der Waals surface area contributed by atoms with Crippen molar-refractivity contribution in [1.29, 1.82) is 0 Å². The molecule has 0 bridgehead atoms. The highest BCUT2D eigenvalue weighted by molar-refractivity contribution is 7.79. The fourth-order valence-electron chi connectivity index (χ4n) is 3.09. The van der Waals surface area contributed by atoms with Gasteiger partial charge in [-0.3, -0.25) is 4.57 Å². The molecule has 0 unspecified atom stereocenters. The van der Waals surface area contributed by atoms with Gasteiger partial charge >= 0.3 is 0 Å². The van der Waals surface area contributed by atoms with Gasteiger partial charge in [0.2, 0.25) is 0 Å². The Kier molecular flexibility index (Phi) is 8.39. The predicted octanol–water partition coefficient (Wildman–Crippen LogP) is 4.78. The minimum atomic E-state index is -3.90. The SMILES string of the molecule is CC(C)(C)[P+](C)(C(C)(C)C)C(C)(C)C.COP(=O)([O-])OC. The molecule has 130 valence electrons. The zero-order valence-corrected chi connectivity index (χ0v) is 17.8. The van der Waals surface area contributed by atoms with Gasteiger partial charge in [0.05, 0.1) is 22.1 Å². The Morgan fingerprint density at radius 1 is 0.762 bits per heavy atom. The van der Waals surface area contributed by atoms with Crippen molar-refractivity contribution in [1.82, 2.24) is 0 Å². The van der Waals surface area contributed by atoms with E-state index < -0.39 is 15.1 Å². The second-order valence-corrected chi connectivity index (χ2v) is 16.0. The maximum atomic E-state index is 9.95. The van der Waals surface area contributed by atoms with Crippen LogP contribution in [0.4, 0.5) is 0 Å². The Morgan fingerprint density at radius 2 is 0.952 bits per heavy atom. The topological polar surface area (TPSA) is 58.6 Å². The van der Waals surface area contributed by atoms with Gasteiger partial charge in [0.1, 0.15) is 0 Å². The normalized spacial score (nSPS) is 14.5. The Balaban J connectivity index is 0. The zero-order chi connectivity index (χ0) is 17.9. The van der Waals surface area contributed by atoms with Crippen LogP contribution in [-0.4, -0.2) is 36.4 Å². The molecule has 0 radical (unpaired) electrons. The average molecular weight is 342 g/mol. The van der Waals surface area contributed by atoms with E-state index in [2.05, 4.69) is 78.0 Å². The first kappa shape index (κ1) is 23.8. The number of phosphoric acid groups is 1. The molecular formula is C15H36O4P2. The molecule has 21 heavy (non-hydrogen) atoms. The van der Waals surface area contributed by atoms with Crippen LogP contribution in [-0.2, 0) is 13.6 Å². The van der Waals surface area contributed by atoms with Crippen molar-refractivity contribution in [3.8, 4) is 0 Å². The quantitative estimate of drug-likeness (QED) is 0.678. The van der Waals surface area contributed by atoms with E-state index in [1.54, 1.807) is 0 Å². The van der Waals surface area contributed by atoms with E-state index >= 15 is 0 Å². The number of phosphoric ester groups is 1. The minimum Gasteiger partial charge on any atom is -0.756 e. The largest absolute Gasteiger partial charge is 0.756 e. The number of hydrogen-bond donors (Lipinski definition) is 0. The molecule has 4 nitrogen and oxygen atoms in total. The van der Waals surface area contributed by atoms with Crippen LogP contribution in [0.1, 0.15) is 62.3 Å². The van der Waals surface area contributed by atoms with Gasteiger partial charge in [0.15, 0.2) is 0 Å². The third-order valence-corrected chi connectivity index (χ3v) is 13.4. The van der Waals surface area contributed by atoms with E-state index in [9.17, 15) is 9.46 Å². The zero-order valence-electron chi connectivity index (χ0n) is 16.0. The molecule has 0 N–H and O–H groups in total. The van der Waals surface area contributed by atoms with E-state index in [1.807, 2.05) is 0 Å². The highest BCUT2D eigenvalue weighted by atomic mass is 31.2. The van der Waals surface area contributed by atoms with Crippen LogP contribution in [0.15, 0.2) is 0 Å². The summed E-state index contributed by atoms with van der Waals surface area (Å²) < 4.78 is 17.7. The lowest BCUT2D eigenvalue weighted by molar-refractivity contribution is -0.220. The molecule has 0 rings (SSSR count). The van der Waals surface area contributed by atoms with Crippen molar-refractivity contribution < 1.29 is 18.5 Å². The van der Waals surface area contributed by atoms with Crippen LogP contribution in [0, 0.1) is 0 Å². The van der Waals surface area contributed by atoms with Gasteiger partial charge in [-0.1, -0.05) is 0 Å². The fraction of sp³-hybridized carbons (Fsp3) is 1.00. The lowest BCUT2D eigenvalue weighted by atomic mass is 10.2. The summed E-state index contributed by atoms with van der Waals surface area (Å²) in [5, 5.41) is 1.30. The highest BCUT2D eigenvalue weighted by Gasteiger charge is 2.60. The van der Waals surface area contributed by atoms with E-state index in [0.717, 1.165) is 14.2 Å². The van der Waals surface area contributed by atoms with Gasteiger partial charge in [-0.2, -0.15) is 0 Å². The minimum absolute atomic E-state index is 0.434. The summed E-state index contributed by atoms with van der Waals surface area (Å²) in [6, 6.07) is 0. The highest BCUT2D eigenvalue weighted by Crippen LogP contribution is 2.80. The molecule has 0 fully saturated rings. The van der Waals surface area contributed by atoms with Crippen LogP contribution in [0.25, 0.3) is 0 Å². The summed E-state index contributed by atoms with van der Waals surface area (Å²) in [5.41, 5.74) is 0. The number of rotatable bonds is 2. The van der Waals surface area contributed by atoms with E-state index in [4.69, 9.17) is 0 Å². The molecule has 0 atom stereocenters. The molecular weight excluding hydrogens is 306 g/mol. The monoisotopic (exact) mass is 342 g/mol. The molecule has 0 aliphatic carbocycles. The molecule has 0 saturated carbocycles. The predicted molar refractivity (Wildman–Crippen MR) is 93.7 cm³/mol. The van der Waals surface area contributed by atoms with Crippen LogP contribution < -0.4 is 4.89 Å². The van der Waals surface area contributed by atoms with Gasteiger partial charge in [0, 0.05) is 21.5 Å². The van der Waals surface area contributed by atoms with Crippen LogP contribution in [0.2, 0.25) is 0 Å². The molecule has 0 aliphatic rings. The molecule has 0 amide bonds. The summed E-state index contributed by atoms with van der Waals surface area (Å²) in [6.07, 6.45) is 0. The van der Waals surface area contributed by atoms with Crippen molar-refractivity contribution in [2.45, 2.75) is 77.8 Å². The summed E-state index contributed by atoms with van der Waals surface area (Å²) >= 11 is 0. The molecule has 0 aliphatic heterocycles. The molecule has 6 heteroatoms. The summed E-state index contributed by atoms with van der Waals surface area (Å²) in [6.45, 7) is 24.3. The number of hydrogen-bond acceptors (Lipinski definition) is 4. The molecule has 0 heterocycles. The summed E-state index contributed by atoms with van der Waals surface area (Å²) in [4.78, 5) is 9.95. The van der Waals surface area contributed by atoms with Crippen molar-refractivity contribution in [2.24, 2.45) is 0 Å². The second kappa shape index (κ2) is 7.41.